The molecule has 3 aromatic heterocycles. The number of H-pyrrole nitrogens is 1. The van der Waals surface area contributed by atoms with Gasteiger partial charge >= 0.3 is 5.97 Å². The number of fused-ring (bicyclic) bond motifs is 2. The monoisotopic (exact) mass is 498 g/mol. The van der Waals surface area contributed by atoms with Crippen LogP contribution < -0.4 is 20.1 Å². The minimum Gasteiger partial charge on any atom is -0.484 e. The molecule has 3 aromatic rings. The van der Waals surface area contributed by atoms with Crippen molar-refractivity contribution < 1.29 is 28.9 Å². The molecule has 0 radical (unpaired) electrons. The highest BCUT2D eigenvalue weighted by Gasteiger charge is 2.31. The standard InChI is InChI=1S/C24H30N6O6/c1-3-16-14(11-25-23(31)18-20-21(36-10-9-35-20)19(29-18)24(32)33)17(27-13-5-7-34-8-6-13)15-12-26-30(4-2)22(15)28-16/h12-13,29H,3-11H2,1-2H3,(H,25,31)(H,27,28)(H,32,33). The molecule has 12 nitrogen and oxygen atoms in total. The molecular weight excluding hydrogens is 468 g/mol. The topological polar surface area (TPSA) is 153 Å². The summed E-state index contributed by atoms with van der Waals surface area (Å²) in [5, 5.41) is 21.5. The summed E-state index contributed by atoms with van der Waals surface area (Å²) in [5.74, 6) is -1.56. The van der Waals surface area contributed by atoms with Gasteiger partial charge in [-0.3, -0.25) is 4.79 Å². The fourth-order valence-electron chi connectivity index (χ4n) is 4.70. The summed E-state index contributed by atoms with van der Waals surface area (Å²) in [7, 11) is 0. The molecular formula is C24H30N6O6. The quantitative estimate of drug-likeness (QED) is 0.366. The Morgan fingerprint density at radius 2 is 1.86 bits per heavy atom. The smallest absolute Gasteiger partial charge is 0.356 e. The number of carboxylic acid groups (broad SMARTS) is 1. The summed E-state index contributed by atoms with van der Waals surface area (Å²) in [6.07, 6.45) is 4.23. The largest absolute Gasteiger partial charge is 0.484 e. The molecule has 12 heteroatoms. The molecule has 0 bridgehead atoms. The molecule has 5 rings (SSSR count). The van der Waals surface area contributed by atoms with Gasteiger partial charge in [-0.1, -0.05) is 6.92 Å². The number of aromatic amines is 1. The first-order valence-electron chi connectivity index (χ1n) is 12.3. The van der Waals surface area contributed by atoms with Gasteiger partial charge in [-0.15, -0.1) is 0 Å². The molecule has 2 aliphatic heterocycles. The number of aromatic carboxylic acids is 1. The Kier molecular flexibility index (Phi) is 6.68. The zero-order chi connectivity index (χ0) is 25.2. The number of hydrogen-bond acceptors (Lipinski definition) is 8. The Morgan fingerprint density at radius 1 is 1.14 bits per heavy atom. The predicted molar refractivity (Wildman–Crippen MR) is 130 cm³/mol. The van der Waals surface area contributed by atoms with Crippen molar-refractivity contribution in [3.8, 4) is 11.5 Å². The molecule has 1 fully saturated rings. The van der Waals surface area contributed by atoms with Crippen LogP contribution in [0.4, 0.5) is 5.69 Å². The van der Waals surface area contributed by atoms with Gasteiger partial charge in [0.15, 0.2) is 28.5 Å². The first kappa shape index (κ1) is 23.9. The zero-order valence-electron chi connectivity index (χ0n) is 20.3. The van der Waals surface area contributed by atoms with E-state index in [4.69, 9.17) is 19.2 Å². The lowest BCUT2D eigenvalue weighted by molar-refractivity contribution is 0.0682. The lowest BCUT2D eigenvalue weighted by Gasteiger charge is -2.26. The summed E-state index contributed by atoms with van der Waals surface area (Å²) in [4.78, 5) is 32.4. The van der Waals surface area contributed by atoms with E-state index in [9.17, 15) is 14.7 Å². The lowest BCUT2D eigenvalue weighted by Crippen LogP contribution is -2.30. The summed E-state index contributed by atoms with van der Waals surface area (Å²) < 4.78 is 18.4. The van der Waals surface area contributed by atoms with Crippen LogP contribution in [-0.4, -0.2) is 69.2 Å². The van der Waals surface area contributed by atoms with Crippen molar-refractivity contribution in [3.63, 3.8) is 0 Å². The maximum absolute atomic E-state index is 13.2. The van der Waals surface area contributed by atoms with E-state index in [0.717, 1.165) is 40.8 Å². The molecule has 1 saturated heterocycles. The van der Waals surface area contributed by atoms with Crippen molar-refractivity contribution in [1.82, 2.24) is 25.1 Å². The highest BCUT2D eigenvalue weighted by molar-refractivity contribution is 6.01. The average Bonchev–Trinajstić information content (AvgIpc) is 3.50. The Bertz CT molecular complexity index is 1290. The van der Waals surface area contributed by atoms with Crippen molar-refractivity contribution in [3.05, 3.63) is 28.8 Å². The predicted octanol–water partition coefficient (Wildman–Crippen LogP) is 2.33. The molecule has 0 aliphatic carbocycles. The normalized spacial score (nSPS) is 15.7. The summed E-state index contributed by atoms with van der Waals surface area (Å²) in [6, 6.07) is 0.229. The van der Waals surface area contributed by atoms with Crippen LogP contribution in [0.5, 0.6) is 11.5 Å². The second-order valence-corrected chi connectivity index (χ2v) is 8.71. The Hall–Kier alpha value is -3.80. The van der Waals surface area contributed by atoms with Crippen LogP contribution in [0.1, 0.15) is 58.9 Å². The van der Waals surface area contributed by atoms with Crippen LogP contribution in [0.3, 0.4) is 0 Å². The van der Waals surface area contributed by atoms with Crippen molar-refractivity contribution in [2.24, 2.45) is 0 Å². The molecule has 0 unspecified atom stereocenters. The third-order valence-electron chi connectivity index (χ3n) is 6.53. The first-order valence-corrected chi connectivity index (χ1v) is 12.3. The molecule has 0 saturated carbocycles. The second-order valence-electron chi connectivity index (χ2n) is 8.71. The molecule has 2 aliphatic rings. The SMILES string of the molecule is CCc1nc2c(cnn2CC)c(NC2CCOCC2)c1CNC(=O)c1[nH]c(C(=O)O)c2c1OCCO2. The van der Waals surface area contributed by atoms with Gasteiger partial charge in [0, 0.05) is 43.6 Å². The van der Waals surface area contributed by atoms with E-state index in [1.807, 2.05) is 24.7 Å². The van der Waals surface area contributed by atoms with Crippen molar-refractivity contribution in [2.45, 2.75) is 52.2 Å². The molecule has 0 atom stereocenters. The number of carboxylic acids is 1. The van der Waals surface area contributed by atoms with E-state index in [1.54, 1.807) is 0 Å². The van der Waals surface area contributed by atoms with Gasteiger partial charge in [0.1, 0.15) is 13.2 Å². The Labute approximate surface area is 207 Å². The zero-order valence-corrected chi connectivity index (χ0v) is 20.3. The molecule has 0 aromatic carbocycles. The van der Waals surface area contributed by atoms with Crippen LogP contribution in [0.2, 0.25) is 0 Å². The van der Waals surface area contributed by atoms with Crippen LogP contribution in [0.15, 0.2) is 6.20 Å². The molecule has 36 heavy (non-hydrogen) atoms. The first-order chi connectivity index (χ1) is 17.5. The van der Waals surface area contributed by atoms with E-state index in [1.165, 1.54) is 0 Å². The van der Waals surface area contributed by atoms with Gasteiger partial charge in [-0.05, 0) is 26.2 Å². The number of pyridine rings is 1. The van der Waals surface area contributed by atoms with Gasteiger partial charge in [-0.2, -0.15) is 5.10 Å². The van der Waals surface area contributed by atoms with E-state index in [-0.39, 0.29) is 48.7 Å². The molecule has 5 heterocycles. The summed E-state index contributed by atoms with van der Waals surface area (Å²) in [5.41, 5.74) is 3.24. The number of amides is 1. The number of aryl methyl sites for hydroxylation is 2. The number of ether oxygens (including phenoxy) is 3. The van der Waals surface area contributed by atoms with E-state index in [0.29, 0.717) is 26.2 Å². The maximum atomic E-state index is 13.2. The highest BCUT2D eigenvalue weighted by Crippen LogP contribution is 2.38. The number of rotatable bonds is 8. The van der Waals surface area contributed by atoms with Gasteiger partial charge in [0.25, 0.3) is 5.91 Å². The second kappa shape index (κ2) is 10.1. The molecule has 192 valence electrons. The van der Waals surface area contributed by atoms with Crippen molar-refractivity contribution >= 4 is 28.6 Å². The third kappa shape index (κ3) is 4.32. The molecule has 4 N–H and O–H groups in total. The van der Waals surface area contributed by atoms with Crippen molar-refractivity contribution in [1.29, 1.82) is 0 Å². The van der Waals surface area contributed by atoms with Gasteiger partial charge in [0.2, 0.25) is 0 Å². The number of nitrogens with zero attached hydrogens (tertiary/aromatic N) is 3. The van der Waals surface area contributed by atoms with Crippen molar-refractivity contribution in [2.75, 3.05) is 31.7 Å². The van der Waals surface area contributed by atoms with Crippen LogP contribution >= 0.6 is 0 Å². The number of hydrogen-bond donors (Lipinski definition) is 4. The summed E-state index contributed by atoms with van der Waals surface area (Å²) >= 11 is 0. The summed E-state index contributed by atoms with van der Waals surface area (Å²) in [6.45, 7) is 6.75. The minimum atomic E-state index is -1.23. The van der Waals surface area contributed by atoms with Gasteiger partial charge < -0.3 is 34.9 Å². The van der Waals surface area contributed by atoms with Gasteiger partial charge in [0.05, 0.1) is 17.3 Å². The fraction of sp³-hybridized carbons (Fsp3) is 0.500. The fourth-order valence-corrected chi connectivity index (χ4v) is 4.70. The third-order valence-corrected chi connectivity index (χ3v) is 6.53. The number of nitrogens with one attached hydrogen (secondary N) is 3. The van der Waals surface area contributed by atoms with Crippen LogP contribution in [-0.2, 0) is 24.2 Å². The highest BCUT2D eigenvalue weighted by atomic mass is 16.6. The number of aromatic nitrogens is 4. The lowest BCUT2D eigenvalue weighted by atomic mass is 10.0. The molecule has 0 spiro atoms. The average molecular weight is 499 g/mol. The number of carbonyl (C=O) groups excluding carboxylic acids is 1. The maximum Gasteiger partial charge on any atom is 0.356 e. The van der Waals surface area contributed by atoms with Gasteiger partial charge in [-0.25, -0.2) is 14.5 Å². The van der Waals surface area contributed by atoms with Crippen LogP contribution in [0.25, 0.3) is 11.0 Å². The van der Waals surface area contributed by atoms with E-state index >= 15 is 0 Å². The van der Waals surface area contributed by atoms with E-state index < -0.39 is 11.9 Å². The Morgan fingerprint density at radius 3 is 2.53 bits per heavy atom. The Balaban J connectivity index is 1.49. The number of anilines is 1. The minimum absolute atomic E-state index is 0.0203. The van der Waals surface area contributed by atoms with E-state index in [2.05, 4.69) is 20.7 Å². The van der Waals surface area contributed by atoms with Crippen LogP contribution in [0, 0.1) is 0 Å². The molecule has 1 amide bonds. The number of carbonyl (C=O) groups is 2.